The van der Waals surface area contributed by atoms with Gasteiger partial charge in [0.25, 0.3) is 0 Å². The van der Waals surface area contributed by atoms with Crippen molar-refractivity contribution in [3.63, 3.8) is 0 Å². The molecule has 0 bridgehead atoms. The molecule has 2 rings (SSSR count). The van der Waals surface area contributed by atoms with Crippen molar-refractivity contribution in [1.82, 2.24) is 5.32 Å². The summed E-state index contributed by atoms with van der Waals surface area (Å²) in [4.78, 5) is 0. The van der Waals surface area contributed by atoms with Gasteiger partial charge in [0.05, 0.1) is 7.11 Å². The summed E-state index contributed by atoms with van der Waals surface area (Å²) in [6, 6.07) is 5.65. The van der Waals surface area contributed by atoms with Gasteiger partial charge in [0.1, 0.15) is 11.6 Å². The molecular formula is C18H28FNO. The summed E-state index contributed by atoms with van der Waals surface area (Å²) in [5, 5.41) is 3.65. The molecule has 0 amide bonds. The van der Waals surface area contributed by atoms with Crippen LogP contribution in [0.3, 0.4) is 0 Å². The molecule has 2 nitrogen and oxygen atoms in total. The third-order valence-corrected chi connectivity index (χ3v) is 5.40. The van der Waals surface area contributed by atoms with E-state index >= 15 is 0 Å². The van der Waals surface area contributed by atoms with Crippen LogP contribution >= 0.6 is 0 Å². The van der Waals surface area contributed by atoms with Gasteiger partial charge in [-0.05, 0) is 55.7 Å². The Balaban J connectivity index is 2.32. The third kappa shape index (κ3) is 2.68. The second-order valence-electron chi connectivity index (χ2n) is 6.09. The average molecular weight is 293 g/mol. The highest BCUT2D eigenvalue weighted by molar-refractivity contribution is 5.41. The lowest BCUT2D eigenvalue weighted by Crippen LogP contribution is -2.58. The van der Waals surface area contributed by atoms with Crippen molar-refractivity contribution in [3.05, 3.63) is 29.6 Å². The summed E-state index contributed by atoms with van der Waals surface area (Å²) in [5.74, 6) is 0.817. The monoisotopic (exact) mass is 293 g/mol. The summed E-state index contributed by atoms with van der Waals surface area (Å²) < 4.78 is 19.8. The zero-order chi connectivity index (χ0) is 15.5. The molecule has 0 spiro atoms. The number of hydrogen-bond acceptors (Lipinski definition) is 2. The maximum absolute atomic E-state index is 14.4. The zero-order valence-electron chi connectivity index (χ0n) is 13.7. The molecule has 2 unspecified atom stereocenters. The fourth-order valence-electron chi connectivity index (χ4n) is 4.07. The molecule has 21 heavy (non-hydrogen) atoms. The van der Waals surface area contributed by atoms with Crippen molar-refractivity contribution in [1.29, 1.82) is 0 Å². The normalized spacial score (nSPS) is 23.7. The van der Waals surface area contributed by atoms with Gasteiger partial charge < -0.3 is 10.1 Å². The molecule has 1 aliphatic carbocycles. The van der Waals surface area contributed by atoms with Gasteiger partial charge in [-0.1, -0.05) is 26.8 Å². The van der Waals surface area contributed by atoms with E-state index in [9.17, 15) is 4.39 Å². The highest BCUT2D eigenvalue weighted by atomic mass is 19.1. The van der Waals surface area contributed by atoms with Crippen molar-refractivity contribution in [3.8, 4) is 5.75 Å². The molecule has 0 heterocycles. The topological polar surface area (TPSA) is 21.3 Å². The Kier molecular flexibility index (Phi) is 5.26. The summed E-state index contributed by atoms with van der Waals surface area (Å²) in [6.07, 6.45) is 4.26. The Morgan fingerprint density at radius 3 is 2.57 bits per heavy atom. The van der Waals surface area contributed by atoms with Crippen LogP contribution in [0.15, 0.2) is 18.2 Å². The van der Waals surface area contributed by atoms with Crippen LogP contribution in [0.5, 0.6) is 5.75 Å². The van der Waals surface area contributed by atoms with E-state index in [1.54, 1.807) is 19.2 Å². The highest BCUT2D eigenvalue weighted by Crippen LogP contribution is 2.59. The van der Waals surface area contributed by atoms with E-state index in [-0.39, 0.29) is 17.2 Å². The predicted octanol–water partition coefficient (Wildman–Crippen LogP) is 4.50. The molecule has 1 N–H and O–H groups in total. The van der Waals surface area contributed by atoms with E-state index in [0.29, 0.717) is 11.8 Å². The van der Waals surface area contributed by atoms with Gasteiger partial charge in [-0.3, -0.25) is 0 Å². The molecule has 0 radical (unpaired) electrons. The molecule has 0 saturated heterocycles. The first kappa shape index (κ1) is 16.3. The van der Waals surface area contributed by atoms with Crippen molar-refractivity contribution in [2.45, 2.75) is 58.4 Å². The molecule has 3 heteroatoms. The molecule has 1 aromatic rings. The number of methoxy groups -OCH3 is 1. The van der Waals surface area contributed by atoms with Crippen molar-refractivity contribution < 1.29 is 9.13 Å². The van der Waals surface area contributed by atoms with Gasteiger partial charge in [-0.15, -0.1) is 0 Å². The van der Waals surface area contributed by atoms with Crippen LogP contribution < -0.4 is 10.1 Å². The van der Waals surface area contributed by atoms with E-state index in [4.69, 9.17) is 4.74 Å². The average Bonchev–Trinajstić information content (AvgIpc) is 2.49. The molecular weight excluding hydrogens is 265 g/mol. The molecule has 0 aromatic heterocycles. The van der Waals surface area contributed by atoms with E-state index in [0.717, 1.165) is 37.8 Å². The summed E-state index contributed by atoms with van der Waals surface area (Å²) >= 11 is 0. The van der Waals surface area contributed by atoms with Gasteiger partial charge in [0.2, 0.25) is 0 Å². The van der Waals surface area contributed by atoms with E-state index in [2.05, 4.69) is 26.1 Å². The van der Waals surface area contributed by atoms with Gasteiger partial charge in [0, 0.05) is 11.6 Å². The lowest BCUT2D eigenvalue weighted by Gasteiger charge is -2.57. The van der Waals surface area contributed by atoms with Crippen LogP contribution in [0.1, 0.15) is 57.9 Å². The Hall–Kier alpha value is -1.09. The smallest absolute Gasteiger partial charge is 0.130 e. The first-order chi connectivity index (χ1) is 10.1. The Bertz CT molecular complexity index is 470. The van der Waals surface area contributed by atoms with Crippen LogP contribution in [0.4, 0.5) is 4.39 Å². The van der Waals surface area contributed by atoms with Crippen LogP contribution in [0, 0.1) is 11.2 Å². The van der Waals surface area contributed by atoms with Gasteiger partial charge in [-0.2, -0.15) is 0 Å². The van der Waals surface area contributed by atoms with Gasteiger partial charge in [-0.25, -0.2) is 4.39 Å². The van der Waals surface area contributed by atoms with E-state index in [1.807, 2.05) is 6.07 Å². The van der Waals surface area contributed by atoms with Crippen LogP contribution in [0.25, 0.3) is 0 Å². The summed E-state index contributed by atoms with van der Waals surface area (Å²) in [6.45, 7) is 7.67. The molecule has 1 aromatic carbocycles. The Morgan fingerprint density at radius 2 is 2.00 bits per heavy atom. The van der Waals surface area contributed by atoms with Gasteiger partial charge in [0.15, 0.2) is 0 Å². The first-order valence-corrected chi connectivity index (χ1v) is 8.20. The summed E-state index contributed by atoms with van der Waals surface area (Å²) in [7, 11) is 1.63. The number of benzene rings is 1. The first-order valence-electron chi connectivity index (χ1n) is 8.20. The maximum atomic E-state index is 14.4. The lowest BCUT2D eigenvalue weighted by atomic mass is 9.51. The molecule has 1 saturated carbocycles. The fourth-order valence-corrected chi connectivity index (χ4v) is 4.07. The van der Waals surface area contributed by atoms with Gasteiger partial charge >= 0.3 is 0 Å². The second kappa shape index (κ2) is 6.78. The van der Waals surface area contributed by atoms with Crippen LogP contribution in [-0.4, -0.2) is 19.7 Å². The van der Waals surface area contributed by atoms with Crippen molar-refractivity contribution in [2.75, 3.05) is 13.7 Å². The molecule has 1 fully saturated rings. The van der Waals surface area contributed by atoms with Crippen LogP contribution in [0.2, 0.25) is 0 Å². The number of nitrogens with one attached hydrogen (secondary N) is 1. The Labute approximate surface area is 128 Å². The number of ether oxygens (including phenoxy) is 1. The lowest BCUT2D eigenvalue weighted by molar-refractivity contribution is 0.0172. The standard InChI is InChI=1S/C18H28FNO/c1-5-11-20-16-12-13(18(16,6-2)7-3)17-14(19)9-8-10-15(17)21-4/h8-10,13,16,20H,5-7,11-12H2,1-4H3. The zero-order valence-corrected chi connectivity index (χ0v) is 13.7. The molecule has 1 aliphatic rings. The SMILES string of the molecule is CCCNC1CC(c2c(F)cccc2OC)C1(CC)CC. The third-order valence-electron chi connectivity index (χ3n) is 5.40. The second-order valence-corrected chi connectivity index (χ2v) is 6.09. The Morgan fingerprint density at radius 1 is 1.29 bits per heavy atom. The number of halogens is 1. The van der Waals surface area contributed by atoms with Crippen LogP contribution in [-0.2, 0) is 0 Å². The maximum Gasteiger partial charge on any atom is 0.130 e. The molecule has 2 atom stereocenters. The number of hydrogen-bond donors (Lipinski definition) is 1. The van der Waals surface area contributed by atoms with Crippen molar-refractivity contribution in [2.24, 2.45) is 5.41 Å². The van der Waals surface area contributed by atoms with E-state index in [1.165, 1.54) is 0 Å². The number of rotatable bonds is 7. The fraction of sp³-hybridized carbons (Fsp3) is 0.667. The largest absolute Gasteiger partial charge is 0.496 e. The minimum absolute atomic E-state index is 0.125. The quantitative estimate of drug-likeness (QED) is 0.799. The highest BCUT2D eigenvalue weighted by Gasteiger charge is 2.54. The predicted molar refractivity (Wildman–Crippen MR) is 85.4 cm³/mol. The minimum atomic E-state index is -0.125. The minimum Gasteiger partial charge on any atom is -0.496 e. The summed E-state index contributed by atoms with van der Waals surface area (Å²) in [5.41, 5.74) is 0.920. The van der Waals surface area contributed by atoms with E-state index < -0.39 is 0 Å². The molecule has 0 aliphatic heterocycles. The van der Waals surface area contributed by atoms with Crippen molar-refractivity contribution >= 4 is 0 Å². The molecule has 118 valence electrons.